The monoisotopic (exact) mass is 520 g/mol. The molecule has 4 rings (SSSR count). The van der Waals surface area contributed by atoms with Gasteiger partial charge in [0.05, 0.1) is 4.90 Å². The van der Waals surface area contributed by atoms with Gasteiger partial charge in [-0.25, -0.2) is 12.8 Å². The zero-order valence-electron chi connectivity index (χ0n) is 15.8. The van der Waals surface area contributed by atoms with E-state index in [1.807, 2.05) is 0 Å². The van der Waals surface area contributed by atoms with Gasteiger partial charge < -0.3 is 9.73 Å². The molecule has 31 heavy (non-hydrogen) atoms. The molecule has 158 valence electrons. The summed E-state index contributed by atoms with van der Waals surface area (Å²) >= 11 is 9.26. The molecule has 1 N–H and O–H groups in total. The summed E-state index contributed by atoms with van der Waals surface area (Å²) in [6, 6.07) is 18.8. The number of anilines is 1. The van der Waals surface area contributed by atoms with Gasteiger partial charge in [0.2, 0.25) is 26.6 Å². The number of nitrogens with one attached hydrogen (secondary N) is 1. The predicted octanol–water partition coefficient (Wildman–Crippen LogP) is 6.34. The van der Waals surface area contributed by atoms with E-state index in [0.29, 0.717) is 10.6 Å². The van der Waals surface area contributed by atoms with Crippen molar-refractivity contribution in [2.45, 2.75) is 16.5 Å². The highest BCUT2D eigenvalue weighted by molar-refractivity contribution is 9.10. The molecule has 4 aromatic rings. The predicted molar refractivity (Wildman–Crippen MR) is 120 cm³/mol. The van der Waals surface area contributed by atoms with Crippen molar-refractivity contribution in [3.8, 4) is 11.5 Å². The summed E-state index contributed by atoms with van der Waals surface area (Å²) in [4.78, 5) is 4.32. The van der Waals surface area contributed by atoms with Crippen molar-refractivity contribution < 1.29 is 17.2 Å². The van der Waals surface area contributed by atoms with E-state index in [4.69, 9.17) is 16.0 Å². The standard InChI is InChI=1S/C22H15BrClFN2O3S/c23-16-5-3-15(4-6-16)20-27-22(31(28,29)19-11-7-17(24)8-12-19)21(30-20)26-13-14-1-9-18(25)10-2-14/h1-12,26H,13H2. The Balaban J connectivity index is 1.74. The molecule has 3 aromatic carbocycles. The quantitative estimate of drug-likeness (QED) is 0.320. The highest BCUT2D eigenvalue weighted by Crippen LogP contribution is 2.33. The van der Waals surface area contributed by atoms with Gasteiger partial charge in [-0.15, -0.1) is 0 Å². The molecule has 0 fully saturated rings. The lowest BCUT2D eigenvalue weighted by molar-refractivity contribution is 0.576. The number of aromatic nitrogens is 1. The summed E-state index contributed by atoms with van der Waals surface area (Å²) < 4.78 is 46.3. The molecule has 5 nitrogen and oxygen atoms in total. The third-order valence-corrected chi connectivity index (χ3v) is 6.89. The van der Waals surface area contributed by atoms with Gasteiger partial charge >= 0.3 is 0 Å². The van der Waals surface area contributed by atoms with Crippen LogP contribution in [0.1, 0.15) is 5.56 Å². The topological polar surface area (TPSA) is 72.2 Å². The summed E-state index contributed by atoms with van der Waals surface area (Å²) in [5.41, 5.74) is 1.36. The maximum absolute atomic E-state index is 13.3. The van der Waals surface area contributed by atoms with Crippen LogP contribution < -0.4 is 5.32 Å². The lowest BCUT2D eigenvalue weighted by Crippen LogP contribution is -2.07. The Morgan fingerprint density at radius 1 is 0.968 bits per heavy atom. The van der Waals surface area contributed by atoms with Crippen LogP contribution in [0.2, 0.25) is 5.02 Å². The van der Waals surface area contributed by atoms with E-state index in [1.165, 1.54) is 36.4 Å². The first-order valence-corrected chi connectivity index (χ1v) is 11.7. The van der Waals surface area contributed by atoms with E-state index in [2.05, 4.69) is 26.2 Å². The van der Waals surface area contributed by atoms with Crippen molar-refractivity contribution >= 4 is 43.3 Å². The number of hydrogen-bond donors (Lipinski definition) is 1. The summed E-state index contributed by atoms with van der Waals surface area (Å²) in [5, 5.41) is 3.15. The average molecular weight is 522 g/mol. The van der Waals surface area contributed by atoms with Crippen molar-refractivity contribution in [2.24, 2.45) is 0 Å². The van der Waals surface area contributed by atoms with Gasteiger partial charge in [0.25, 0.3) is 0 Å². The summed E-state index contributed by atoms with van der Waals surface area (Å²) in [7, 11) is -3.99. The second kappa shape index (κ2) is 8.82. The number of hydrogen-bond acceptors (Lipinski definition) is 5. The molecule has 0 aliphatic carbocycles. The Morgan fingerprint density at radius 3 is 2.26 bits per heavy atom. The van der Waals surface area contributed by atoms with Crippen molar-refractivity contribution in [1.29, 1.82) is 0 Å². The van der Waals surface area contributed by atoms with E-state index >= 15 is 0 Å². The van der Waals surface area contributed by atoms with Crippen LogP contribution in [-0.4, -0.2) is 13.4 Å². The summed E-state index contributed by atoms with van der Waals surface area (Å²) in [6.45, 7) is 0.221. The average Bonchev–Trinajstić information content (AvgIpc) is 3.19. The fourth-order valence-corrected chi connectivity index (χ4v) is 4.49. The lowest BCUT2D eigenvalue weighted by atomic mass is 10.2. The molecule has 0 radical (unpaired) electrons. The van der Waals surface area contributed by atoms with Crippen molar-refractivity contribution in [2.75, 3.05) is 5.32 Å². The molecular weight excluding hydrogens is 507 g/mol. The first-order valence-electron chi connectivity index (χ1n) is 9.09. The summed E-state index contributed by atoms with van der Waals surface area (Å²) in [6.07, 6.45) is 0. The molecule has 0 atom stereocenters. The third-order valence-electron chi connectivity index (χ3n) is 4.43. The molecule has 1 aromatic heterocycles. The van der Waals surface area contributed by atoms with Gasteiger partial charge in [-0.05, 0) is 66.2 Å². The van der Waals surface area contributed by atoms with Crippen LogP contribution >= 0.6 is 27.5 Å². The minimum Gasteiger partial charge on any atom is -0.419 e. The Morgan fingerprint density at radius 2 is 1.61 bits per heavy atom. The molecule has 0 aliphatic heterocycles. The maximum atomic E-state index is 13.3. The minimum atomic E-state index is -3.99. The Kier molecular flexibility index (Phi) is 6.13. The third kappa shape index (κ3) is 4.81. The van der Waals surface area contributed by atoms with Crippen LogP contribution in [0.5, 0.6) is 0 Å². The van der Waals surface area contributed by atoms with Crippen molar-refractivity contribution in [1.82, 2.24) is 4.98 Å². The number of sulfone groups is 1. The van der Waals surface area contributed by atoms with Crippen LogP contribution in [0.15, 0.2) is 91.6 Å². The number of rotatable bonds is 6. The van der Waals surface area contributed by atoms with Gasteiger partial charge in [0.15, 0.2) is 0 Å². The van der Waals surface area contributed by atoms with Crippen LogP contribution in [0.4, 0.5) is 10.3 Å². The molecular formula is C22H15BrClFN2O3S. The second-order valence-electron chi connectivity index (χ2n) is 6.60. The van der Waals surface area contributed by atoms with Crippen LogP contribution in [-0.2, 0) is 16.4 Å². The number of oxazole rings is 1. The van der Waals surface area contributed by atoms with Gasteiger partial charge in [-0.3, -0.25) is 0 Å². The van der Waals surface area contributed by atoms with E-state index < -0.39 is 9.84 Å². The Hall–Kier alpha value is -2.68. The van der Waals surface area contributed by atoms with E-state index in [9.17, 15) is 12.8 Å². The van der Waals surface area contributed by atoms with Crippen LogP contribution in [0, 0.1) is 5.82 Å². The van der Waals surface area contributed by atoms with Gasteiger partial charge in [-0.2, -0.15) is 4.98 Å². The summed E-state index contributed by atoms with van der Waals surface area (Å²) in [5.74, 6) is -0.203. The molecule has 0 aliphatic rings. The molecule has 9 heteroatoms. The minimum absolute atomic E-state index is 0.00260. The van der Waals surface area contributed by atoms with E-state index in [1.54, 1.807) is 36.4 Å². The number of benzene rings is 3. The normalized spacial score (nSPS) is 11.5. The Labute approximate surface area is 191 Å². The fraction of sp³-hybridized carbons (Fsp3) is 0.0455. The smallest absolute Gasteiger partial charge is 0.234 e. The first kappa shape index (κ1) is 21.5. The Bertz CT molecular complexity index is 1310. The number of nitrogens with zero attached hydrogens (tertiary/aromatic N) is 1. The van der Waals surface area contributed by atoms with E-state index in [-0.39, 0.29) is 34.1 Å². The molecule has 0 bridgehead atoms. The molecule has 0 saturated heterocycles. The SMILES string of the molecule is O=S(=O)(c1ccc(Cl)cc1)c1nc(-c2ccc(Br)cc2)oc1NCc1ccc(F)cc1. The molecule has 0 saturated carbocycles. The highest BCUT2D eigenvalue weighted by Gasteiger charge is 2.28. The molecule has 0 amide bonds. The second-order valence-corrected chi connectivity index (χ2v) is 9.81. The molecule has 0 unspecified atom stereocenters. The largest absolute Gasteiger partial charge is 0.419 e. The first-order chi connectivity index (χ1) is 14.8. The van der Waals surface area contributed by atoms with Gasteiger partial charge in [0, 0.05) is 21.6 Å². The lowest BCUT2D eigenvalue weighted by Gasteiger charge is -2.06. The van der Waals surface area contributed by atoms with Crippen LogP contribution in [0.3, 0.4) is 0 Å². The fourth-order valence-electron chi connectivity index (χ4n) is 2.83. The zero-order chi connectivity index (χ0) is 22.0. The van der Waals surface area contributed by atoms with E-state index in [0.717, 1.165) is 10.0 Å². The van der Waals surface area contributed by atoms with Crippen molar-refractivity contribution in [3.05, 3.63) is 93.7 Å². The number of halogens is 3. The van der Waals surface area contributed by atoms with Gasteiger partial charge in [-0.1, -0.05) is 39.7 Å². The molecule has 0 spiro atoms. The zero-order valence-corrected chi connectivity index (χ0v) is 19.0. The maximum Gasteiger partial charge on any atom is 0.234 e. The van der Waals surface area contributed by atoms with Crippen LogP contribution in [0.25, 0.3) is 11.5 Å². The molecule has 1 heterocycles. The van der Waals surface area contributed by atoms with Gasteiger partial charge in [0.1, 0.15) is 5.82 Å². The van der Waals surface area contributed by atoms with Crippen molar-refractivity contribution in [3.63, 3.8) is 0 Å². The highest BCUT2D eigenvalue weighted by atomic mass is 79.9.